The van der Waals surface area contributed by atoms with Crippen molar-refractivity contribution >= 4 is 17.4 Å². The fourth-order valence-corrected chi connectivity index (χ4v) is 1.49. The van der Waals surface area contributed by atoms with E-state index in [0.29, 0.717) is 28.3 Å². The zero-order valence-corrected chi connectivity index (χ0v) is 10.5. The molecule has 6 heteroatoms. The van der Waals surface area contributed by atoms with Gasteiger partial charge in [0.1, 0.15) is 18.2 Å². The number of methoxy groups -OCH3 is 1. The first-order chi connectivity index (χ1) is 8.67. The molecule has 5 nitrogen and oxygen atoms in total. The van der Waals surface area contributed by atoms with E-state index < -0.39 is 0 Å². The maximum absolute atomic E-state index is 5.79. The van der Waals surface area contributed by atoms with Crippen LogP contribution in [0.2, 0.25) is 5.02 Å². The number of anilines is 1. The van der Waals surface area contributed by atoms with Crippen LogP contribution in [0, 0.1) is 0 Å². The summed E-state index contributed by atoms with van der Waals surface area (Å²) in [5.41, 5.74) is 5.66. The zero-order chi connectivity index (χ0) is 13.0. The van der Waals surface area contributed by atoms with Crippen LogP contribution in [0.15, 0.2) is 30.3 Å². The van der Waals surface area contributed by atoms with Crippen LogP contribution in [0.3, 0.4) is 0 Å². The lowest BCUT2D eigenvalue weighted by atomic mass is 10.3. The van der Waals surface area contributed by atoms with Crippen molar-refractivity contribution in [3.8, 4) is 11.6 Å². The number of benzene rings is 1. The molecule has 0 amide bonds. The Balaban J connectivity index is 2.20. The van der Waals surface area contributed by atoms with Gasteiger partial charge in [-0.2, -0.15) is 4.98 Å². The van der Waals surface area contributed by atoms with Crippen molar-refractivity contribution < 1.29 is 9.47 Å². The van der Waals surface area contributed by atoms with Crippen molar-refractivity contribution in [2.24, 2.45) is 0 Å². The number of halogens is 1. The van der Waals surface area contributed by atoms with Crippen LogP contribution in [0.4, 0.5) is 5.82 Å². The Morgan fingerprint density at radius 3 is 2.61 bits per heavy atom. The molecule has 0 saturated heterocycles. The lowest BCUT2D eigenvalue weighted by Gasteiger charge is -2.07. The molecule has 0 aliphatic heterocycles. The lowest BCUT2D eigenvalue weighted by molar-refractivity contribution is 0.177. The maximum atomic E-state index is 5.79. The third kappa shape index (κ3) is 3.32. The van der Waals surface area contributed by atoms with Crippen LogP contribution in [-0.4, -0.2) is 17.1 Å². The highest BCUT2D eigenvalue weighted by Crippen LogP contribution is 2.22. The molecule has 0 saturated carbocycles. The van der Waals surface area contributed by atoms with E-state index in [4.69, 9.17) is 26.8 Å². The van der Waals surface area contributed by atoms with Gasteiger partial charge in [0.15, 0.2) is 5.82 Å². The summed E-state index contributed by atoms with van der Waals surface area (Å²) in [6, 6.07) is 8.51. The van der Waals surface area contributed by atoms with Gasteiger partial charge in [0.25, 0.3) is 0 Å². The Labute approximate surface area is 110 Å². The topological polar surface area (TPSA) is 70.3 Å². The number of hydrogen-bond donors (Lipinski definition) is 1. The molecular weight excluding hydrogens is 254 g/mol. The number of hydrogen-bond acceptors (Lipinski definition) is 5. The van der Waals surface area contributed by atoms with Crippen LogP contribution in [0.5, 0.6) is 11.6 Å². The van der Waals surface area contributed by atoms with E-state index in [1.165, 1.54) is 0 Å². The van der Waals surface area contributed by atoms with Gasteiger partial charge >= 0.3 is 0 Å². The van der Waals surface area contributed by atoms with Crippen LogP contribution in [0.1, 0.15) is 5.82 Å². The SMILES string of the molecule is COCc1nc(N)cc(Oc2ccc(Cl)cc2)n1. The van der Waals surface area contributed by atoms with Gasteiger partial charge < -0.3 is 15.2 Å². The van der Waals surface area contributed by atoms with Crippen molar-refractivity contribution in [1.29, 1.82) is 0 Å². The summed E-state index contributed by atoms with van der Waals surface area (Å²) in [5.74, 6) is 1.81. The van der Waals surface area contributed by atoms with Gasteiger partial charge in [-0.25, -0.2) is 4.98 Å². The second kappa shape index (κ2) is 5.66. The van der Waals surface area contributed by atoms with Gasteiger partial charge in [-0.15, -0.1) is 0 Å². The van der Waals surface area contributed by atoms with E-state index >= 15 is 0 Å². The van der Waals surface area contributed by atoms with E-state index in [0.717, 1.165) is 0 Å². The number of nitrogens with two attached hydrogens (primary N) is 1. The summed E-state index contributed by atoms with van der Waals surface area (Å²) in [5, 5.41) is 0.643. The Morgan fingerprint density at radius 2 is 1.94 bits per heavy atom. The maximum Gasteiger partial charge on any atom is 0.224 e. The predicted molar refractivity (Wildman–Crippen MR) is 68.7 cm³/mol. The molecule has 0 aliphatic rings. The highest BCUT2D eigenvalue weighted by atomic mass is 35.5. The molecule has 0 fully saturated rings. The number of ether oxygens (including phenoxy) is 2. The fraction of sp³-hybridized carbons (Fsp3) is 0.167. The molecule has 0 radical (unpaired) electrons. The standard InChI is InChI=1S/C12H12ClN3O2/c1-17-7-11-15-10(14)6-12(16-11)18-9-4-2-8(13)3-5-9/h2-6H,7H2,1H3,(H2,14,15,16). The molecular formula is C12H12ClN3O2. The number of aromatic nitrogens is 2. The Kier molecular flexibility index (Phi) is 3.96. The van der Waals surface area contributed by atoms with E-state index in [2.05, 4.69) is 9.97 Å². The molecule has 0 atom stereocenters. The van der Waals surface area contributed by atoms with E-state index in [1.54, 1.807) is 37.4 Å². The molecule has 0 unspecified atom stereocenters. The van der Waals surface area contributed by atoms with Gasteiger partial charge in [0.2, 0.25) is 5.88 Å². The smallest absolute Gasteiger partial charge is 0.224 e. The summed E-state index contributed by atoms with van der Waals surface area (Å²) in [7, 11) is 1.56. The molecule has 0 bridgehead atoms. The predicted octanol–water partition coefficient (Wildman–Crippen LogP) is 2.65. The minimum absolute atomic E-state index is 0.280. The van der Waals surface area contributed by atoms with Gasteiger partial charge in [-0.1, -0.05) is 11.6 Å². The third-order valence-corrected chi connectivity index (χ3v) is 2.33. The number of rotatable bonds is 4. The molecule has 1 heterocycles. The minimum atomic E-state index is 0.280. The van der Waals surface area contributed by atoms with Crippen LogP contribution >= 0.6 is 11.6 Å². The first-order valence-corrected chi connectivity index (χ1v) is 5.61. The molecule has 18 heavy (non-hydrogen) atoms. The highest BCUT2D eigenvalue weighted by molar-refractivity contribution is 6.30. The van der Waals surface area contributed by atoms with E-state index in [9.17, 15) is 0 Å². The molecule has 1 aromatic heterocycles. The van der Waals surface area contributed by atoms with Gasteiger partial charge in [-0.05, 0) is 24.3 Å². The van der Waals surface area contributed by atoms with E-state index in [1.807, 2.05) is 0 Å². The van der Waals surface area contributed by atoms with Gasteiger partial charge in [0, 0.05) is 18.2 Å². The number of nitrogens with zero attached hydrogens (tertiary/aromatic N) is 2. The first-order valence-electron chi connectivity index (χ1n) is 5.23. The van der Waals surface area contributed by atoms with Crippen molar-refractivity contribution in [1.82, 2.24) is 9.97 Å². The van der Waals surface area contributed by atoms with Crippen LogP contribution in [-0.2, 0) is 11.3 Å². The normalized spacial score (nSPS) is 10.3. The van der Waals surface area contributed by atoms with Crippen LogP contribution in [0.25, 0.3) is 0 Å². The Bertz CT molecular complexity index is 531. The third-order valence-electron chi connectivity index (χ3n) is 2.08. The van der Waals surface area contributed by atoms with Gasteiger partial charge in [0.05, 0.1) is 0 Å². The average molecular weight is 266 g/mol. The summed E-state index contributed by atoms with van der Waals surface area (Å²) >= 11 is 5.79. The molecule has 1 aromatic carbocycles. The second-order valence-corrected chi connectivity index (χ2v) is 3.97. The molecule has 2 rings (SSSR count). The van der Waals surface area contributed by atoms with Gasteiger partial charge in [-0.3, -0.25) is 0 Å². The van der Waals surface area contributed by atoms with Crippen LogP contribution < -0.4 is 10.5 Å². The molecule has 2 aromatic rings. The van der Waals surface area contributed by atoms with Crippen molar-refractivity contribution in [2.75, 3.05) is 12.8 Å². The second-order valence-electron chi connectivity index (χ2n) is 3.54. The van der Waals surface area contributed by atoms with Crippen molar-refractivity contribution in [3.63, 3.8) is 0 Å². The molecule has 0 aliphatic carbocycles. The average Bonchev–Trinajstić information content (AvgIpc) is 2.32. The highest BCUT2D eigenvalue weighted by Gasteiger charge is 2.04. The summed E-state index contributed by atoms with van der Waals surface area (Å²) in [4.78, 5) is 8.19. The number of nitrogen functional groups attached to an aromatic ring is 1. The fourth-order valence-electron chi connectivity index (χ4n) is 1.36. The summed E-state index contributed by atoms with van der Waals surface area (Å²) < 4.78 is 10.5. The summed E-state index contributed by atoms with van der Waals surface area (Å²) in [6.07, 6.45) is 0. The van der Waals surface area contributed by atoms with E-state index in [-0.39, 0.29) is 6.61 Å². The lowest BCUT2D eigenvalue weighted by Crippen LogP contribution is -2.02. The zero-order valence-electron chi connectivity index (χ0n) is 9.76. The monoisotopic (exact) mass is 265 g/mol. The summed E-state index contributed by atoms with van der Waals surface area (Å²) in [6.45, 7) is 0.280. The Hall–Kier alpha value is -1.85. The largest absolute Gasteiger partial charge is 0.439 e. The quantitative estimate of drug-likeness (QED) is 0.920. The molecule has 0 spiro atoms. The minimum Gasteiger partial charge on any atom is -0.439 e. The molecule has 2 N–H and O–H groups in total. The Morgan fingerprint density at radius 1 is 1.22 bits per heavy atom. The van der Waals surface area contributed by atoms with Crippen molar-refractivity contribution in [3.05, 3.63) is 41.2 Å². The van der Waals surface area contributed by atoms with Crippen molar-refractivity contribution in [2.45, 2.75) is 6.61 Å². The first kappa shape index (κ1) is 12.6. The molecule has 94 valence electrons.